The third-order valence-corrected chi connectivity index (χ3v) is 4.06. The number of fused-ring (bicyclic) bond motifs is 1. The van der Waals surface area contributed by atoms with Crippen LogP contribution in [0.1, 0.15) is 24.8 Å². The molecule has 0 radical (unpaired) electrons. The van der Waals surface area contributed by atoms with E-state index in [1.165, 1.54) is 19.3 Å². The number of ether oxygens (including phenoxy) is 3. The van der Waals surface area contributed by atoms with E-state index in [9.17, 15) is 0 Å². The average Bonchev–Trinajstić information content (AvgIpc) is 2.89. The lowest BCUT2D eigenvalue weighted by Gasteiger charge is -2.24. The molecule has 19 heavy (non-hydrogen) atoms. The molecular weight excluding hydrogens is 266 g/mol. The molecule has 0 aliphatic carbocycles. The highest BCUT2D eigenvalue weighted by Crippen LogP contribution is 2.46. The van der Waals surface area contributed by atoms with Crippen molar-refractivity contribution in [1.82, 2.24) is 5.32 Å². The van der Waals surface area contributed by atoms with Gasteiger partial charge in [0.2, 0.25) is 6.79 Å². The van der Waals surface area contributed by atoms with E-state index in [2.05, 4.69) is 5.32 Å². The first-order valence-electron chi connectivity index (χ1n) is 6.68. The first-order valence-corrected chi connectivity index (χ1v) is 7.05. The molecule has 1 aromatic rings. The highest BCUT2D eigenvalue weighted by Gasteiger charge is 2.25. The predicted molar refractivity (Wildman–Crippen MR) is 73.5 cm³/mol. The van der Waals surface area contributed by atoms with E-state index in [0.717, 1.165) is 24.3 Å². The van der Waals surface area contributed by atoms with Crippen molar-refractivity contribution >= 4 is 11.6 Å². The summed E-state index contributed by atoms with van der Waals surface area (Å²) in [6.45, 7) is 1.31. The zero-order valence-corrected chi connectivity index (χ0v) is 11.8. The van der Waals surface area contributed by atoms with Gasteiger partial charge in [-0.1, -0.05) is 18.0 Å². The summed E-state index contributed by atoms with van der Waals surface area (Å²) in [5.74, 6) is 2.02. The number of hydrogen-bond donors (Lipinski definition) is 1. The number of hydrogen-bond acceptors (Lipinski definition) is 4. The van der Waals surface area contributed by atoms with E-state index in [1.54, 1.807) is 7.11 Å². The second-order valence-electron chi connectivity index (χ2n) is 4.97. The minimum atomic E-state index is 0.226. The van der Waals surface area contributed by atoms with Crippen molar-refractivity contribution in [1.29, 1.82) is 0 Å². The topological polar surface area (TPSA) is 39.7 Å². The van der Waals surface area contributed by atoms with Crippen LogP contribution in [0.15, 0.2) is 6.07 Å². The van der Waals surface area contributed by atoms with Gasteiger partial charge in [-0.15, -0.1) is 0 Å². The molecule has 5 heteroatoms. The summed E-state index contributed by atoms with van der Waals surface area (Å²) in [5.41, 5.74) is 1.08. The molecule has 1 unspecified atom stereocenters. The van der Waals surface area contributed by atoms with Crippen molar-refractivity contribution < 1.29 is 14.2 Å². The Labute approximate surface area is 118 Å². The zero-order valence-electron chi connectivity index (χ0n) is 11.0. The summed E-state index contributed by atoms with van der Waals surface area (Å²) in [5, 5.41) is 4.05. The van der Waals surface area contributed by atoms with Crippen molar-refractivity contribution in [3.8, 4) is 17.2 Å². The number of rotatable bonds is 3. The number of halogens is 1. The van der Waals surface area contributed by atoms with E-state index in [4.69, 9.17) is 25.8 Å². The number of piperidine rings is 1. The fourth-order valence-corrected chi connectivity index (χ4v) is 3.12. The molecule has 2 aliphatic rings. The molecule has 0 amide bonds. The monoisotopic (exact) mass is 283 g/mol. The molecule has 0 saturated carbocycles. The third kappa shape index (κ3) is 2.47. The van der Waals surface area contributed by atoms with E-state index >= 15 is 0 Å². The van der Waals surface area contributed by atoms with Crippen LogP contribution in [0.25, 0.3) is 0 Å². The minimum absolute atomic E-state index is 0.226. The quantitative estimate of drug-likeness (QED) is 0.926. The van der Waals surface area contributed by atoms with Gasteiger partial charge in [0.15, 0.2) is 11.5 Å². The maximum Gasteiger partial charge on any atom is 0.231 e. The predicted octanol–water partition coefficient (Wildman–Crippen LogP) is 2.76. The minimum Gasteiger partial charge on any atom is -0.495 e. The summed E-state index contributed by atoms with van der Waals surface area (Å²) in [6.07, 6.45) is 4.63. The lowest BCUT2D eigenvalue weighted by molar-refractivity contribution is 0.174. The van der Waals surface area contributed by atoms with Gasteiger partial charge in [-0.3, -0.25) is 0 Å². The first kappa shape index (κ1) is 12.9. The van der Waals surface area contributed by atoms with Gasteiger partial charge < -0.3 is 19.5 Å². The van der Waals surface area contributed by atoms with Gasteiger partial charge in [-0.05, 0) is 31.9 Å². The van der Waals surface area contributed by atoms with Gasteiger partial charge in [0, 0.05) is 11.6 Å². The van der Waals surface area contributed by atoms with Crippen molar-refractivity contribution in [3.63, 3.8) is 0 Å². The highest BCUT2D eigenvalue weighted by atomic mass is 35.5. The zero-order chi connectivity index (χ0) is 13.2. The fourth-order valence-electron chi connectivity index (χ4n) is 2.77. The van der Waals surface area contributed by atoms with Gasteiger partial charge in [0.1, 0.15) is 10.8 Å². The Morgan fingerprint density at radius 2 is 2.32 bits per heavy atom. The van der Waals surface area contributed by atoms with Gasteiger partial charge in [-0.25, -0.2) is 0 Å². The maximum absolute atomic E-state index is 6.33. The Bertz CT molecular complexity index is 472. The highest BCUT2D eigenvalue weighted by molar-refractivity contribution is 6.34. The molecule has 0 spiro atoms. The molecule has 1 aromatic carbocycles. The number of benzene rings is 1. The summed E-state index contributed by atoms with van der Waals surface area (Å²) in [6, 6.07) is 2.47. The molecule has 1 saturated heterocycles. The van der Waals surface area contributed by atoms with Crippen molar-refractivity contribution in [2.75, 3.05) is 20.4 Å². The van der Waals surface area contributed by atoms with Crippen LogP contribution in [-0.2, 0) is 6.42 Å². The van der Waals surface area contributed by atoms with Gasteiger partial charge >= 0.3 is 0 Å². The van der Waals surface area contributed by atoms with Gasteiger partial charge in [-0.2, -0.15) is 0 Å². The van der Waals surface area contributed by atoms with E-state index in [1.807, 2.05) is 6.07 Å². The second kappa shape index (κ2) is 5.47. The summed E-state index contributed by atoms with van der Waals surface area (Å²) >= 11 is 6.33. The lowest BCUT2D eigenvalue weighted by Crippen LogP contribution is -2.35. The fraction of sp³-hybridized carbons (Fsp3) is 0.571. The molecule has 1 fully saturated rings. The second-order valence-corrected chi connectivity index (χ2v) is 5.35. The smallest absolute Gasteiger partial charge is 0.231 e. The largest absolute Gasteiger partial charge is 0.495 e. The van der Waals surface area contributed by atoms with Crippen LogP contribution in [0.2, 0.25) is 5.02 Å². The summed E-state index contributed by atoms with van der Waals surface area (Å²) in [4.78, 5) is 0. The Kier molecular flexibility index (Phi) is 3.71. The Morgan fingerprint density at radius 1 is 1.42 bits per heavy atom. The van der Waals surface area contributed by atoms with Crippen LogP contribution in [0, 0.1) is 0 Å². The number of nitrogens with one attached hydrogen (secondary N) is 1. The average molecular weight is 284 g/mol. The number of methoxy groups -OCH3 is 1. The van der Waals surface area contributed by atoms with Crippen LogP contribution in [-0.4, -0.2) is 26.5 Å². The molecule has 4 nitrogen and oxygen atoms in total. The van der Waals surface area contributed by atoms with E-state index in [0.29, 0.717) is 22.6 Å². The van der Waals surface area contributed by atoms with E-state index < -0.39 is 0 Å². The Morgan fingerprint density at radius 3 is 3.05 bits per heavy atom. The summed E-state index contributed by atoms with van der Waals surface area (Å²) < 4.78 is 16.2. The normalized spacial score (nSPS) is 21.5. The molecule has 0 aromatic heterocycles. The molecule has 3 rings (SSSR count). The van der Waals surface area contributed by atoms with Crippen LogP contribution >= 0.6 is 11.6 Å². The third-order valence-electron chi connectivity index (χ3n) is 3.72. The van der Waals surface area contributed by atoms with Crippen molar-refractivity contribution in [3.05, 3.63) is 16.7 Å². The van der Waals surface area contributed by atoms with Crippen molar-refractivity contribution in [2.24, 2.45) is 0 Å². The van der Waals surface area contributed by atoms with Gasteiger partial charge in [0.25, 0.3) is 0 Å². The Balaban J connectivity index is 1.89. The molecule has 0 bridgehead atoms. The molecule has 2 heterocycles. The lowest BCUT2D eigenvalue weighted by atomic mass is 9.97. The van der Waals surface area contributed by atoms with Crippen LogP contribution in [0.5, 0.6) is 17.2 Å². The molecule has 1 atom stereocenters. The van der Waals surface area contributed by atoms with Crippen LogP contribution in [0.3, 0.4) is 0 Å². The molecular formula is C14H18ClNO3. The maximum atomic E-state index is 6.33. The standard InChI is InChI=1S/C14H18ClNO3/c1-17-13-9(6-10-4-2-3-5-16-10)7-11-14(12(13)15)19-8-18-11/h7,10,16H,2-6,8H2,1H3. The van der Waals surface area contributed by atoms with Crippen LogP contribution < -0.4 is 19.5 Å². The SMILES string of the molecule is COc1c(CC2CCCCN2)cc2c(c1Cl)OCO2. The van der Waals surface area contributed by atoms with Crippen molar-refractivity contribution in [2.45, 2.75) is 31.7 Å². The first-order chi connectivity index (χ1) is 9.29. The molecule has 1 N–H and O–H groups in total. The Hall–Kier alpha value is -1.13. The van der Waals surface area contributed by atoms with E-state index in [-0.39, 0.29) is 6.79 Å². The van der Waals surface area contributed by atoms with Crippen LogP contribution in [0.4, 0.5) is 0 Å². The molecule has 2 aliphatic heterocycles. The molecule has 104 valence electrons. The van der Waals surface area contributed by atoms with Gasteiger partial charge in [0.05, 0.1) is 7.11 Å². The summed E-state index contributed by atoms with van der Waals surface area (Å²) in [7, 11) is 1.64.